The number of aromatic nitrogens is 2. The Balaban J connectivity index is 2.37. The van der Waals surface area contributed by atoms with Gasteiger partial charge in [0.25, 0.3) is 11.7 Å². The number of benzene rings is 1. The fourth-order valence-corrected chi connectivity index (χ4v) is 1.05. The molecule has 0 aliphatic rings. The van der Waals surface area contributed by atoms with Gasteiger partial charge >= 0.3 is 5.97 Å². The number of hydrogen-bond donors (Lipinski definition) is 2. The predicted molar refractivity (Wildman–Crippen MR) is 51.1 cm³/mol. The lowest BCUT2D eigenvalue weighted by atomic mass is 10.2. The summed E-state index contributed by atoms with van der Waals surface area (Å²) in [7, 11) is 0. The van der Waals surface area contributed by atoms with E-state index in [0.717, 1.165) is 0 Å². The summed E-state index contributed by atoms with van der Waals surface area (Å²) in [5.41, 5.74) is 6.73. The molecule has 3 N–H and O–H groups in total. The Morgan fingerprint density at radius 3 is 2.53 bits per heavy atom. The van der Waals surface area contributed by atoms with E-state index in [-0.39, 0.29) is 11.7 Å². The molecule has 2 aromatic rings. The molecule has 1 aromatic heterocycles. The van der Waals surface area contributed by atoms with Crippen molar-refractivity contribution < 1.29 is 14.4 Å². The van der Waals surface area contributed by atoms with Crippen LogP contribution in [0.2, 0.25) is 0 Å². The van der Waals surface area contributed by atoms with Crippen molar-refractivity contribution in [1.29, 1.82) is 0 Å². The number of nitrogens with two attached hydrogens (primary N) is 1. The minimum Gasteiger partial charge on any atom is -0.475 e. The highest BCUT2D eigenvalue weighted by Gasteiger charge is 2.13. The molecule has 15 heavy (non-hydrogen) atoms. The van der Waals surface area contributed by atoms with E-state index < -0.39 is 5.97 Å². The summed E-state index contributed by atoms with van der Waals surface area (Å²) in [5, 5.41) is 11.9. The van der Waals surface area contributed by atoms with Gasteiger partial charge in [-0.1, -0.05) is 0 Å². The summed E-state index contributed by atoms with van der Waals surface area (Å²) in [6, 6.07) is 6.68. The Hall–Kier alpha value is -2.37. The number of nitrogens with zero attached hydrogens (tertiary/aromatic N) is 2. The number of anilines is 1. The summed E-state index contributed by atoms with van der Waals surface area (Å²) in [4.78, 5) is 14.2. The van der Waals surface area contributed by atoms with Crippen LogP contribution >= 0.6 is 0 Å². The molecule has 0 bridgehead atoms. The second-order valence-corrected chi connectivity index (χ2v) is 2.85. The molecule has 0 radical (unpaired) electrons. The standard InChI is InChI=1S/C9H7N3O3/c10-6-3-1-5(2-4-6)8-11-7(9(13)14)12-15-8/h1-4H,10H2,(H,13,14). The van der Waals surface area contributed by atoms with E-state index in [1.165, 1.54) is 0 Å². The Labute approximate surface area is 84.3 Å². The normalized spacial score (nSPS) is 10.1. The van der Waals surface area contributed by atoms with Crippen LogP contribution in [0.3, 0.4) is 0 Å². The van der Waals surface area contributed by atoms with Crippen molar-refractivity contribution in [3.05, 3.63) is 30.1 Å². The summed E-state index contributed by atoms with van der Waals surface area (Å²) in [6.45, 7) is 0. The monoisotopic (exact) mass is 205 g/mol. The van der Waals surface area contributed by atoms with E-state index in [1.54, 1.807) is 24.3 Å². The third-order valence-corrected chi connectivity index (χ3v) is 1.77. The molecule has 0 saturated carbocycles. The number of carboxylic acid groups (broad SMARTS) is 1. The molecule has 0 spiro atoms. The number of aromatic carboxylic acids is 1. The van der Waals surface area contributed by atoms with Gasteiger partial charge in [0.15, 0.2) is 0 Å². The van der Waals surface area contributed by atoms with Crippen molar-refractivity contribution in [2.45, 2.75) is 0 Å². The van der Waals surface area contributed by atoms with E-state index in [9.17, 15) is 4.79 Å². The Morgan fingerprint density at radius 2 is 2.00 bits per heavy atom. The van der Waals surface area contributed by atoms with Crippen LogP contribution in [0, 0.1) is 0 Å². The lowest BCUT2D eigenvalue weighted by molar-refractivity contribution is 0.0680. The largest absolute Gasteiger partial charge is 0.475 e. The number of rotatable bonds is 2. The van der Waals surface area contributed by atoms with Gasteiger partial charge in [-0.05, 0) is 29.4 Å². The molecule has 1 aromatic carbocycles. The zero-order chi connectivity index (χ0) is 10.8. The van der Waals surface area contributed by atoms with Gasteiger partial charge in [0.05, 0.1) is 0 Å². The molecule has 0 aliphatic carbocycles. The maximum Gasteiger partial charge on any atom is 0.377 e. The summed E-state index contributed by atoms with van der Waals surface area (Å²) < 4.78 is 4.77. The van der Waals surface area contributed by atoms with Gasteiger partial charge in [-0.3, -0.25) is 0 Å². The SMILES string of the molecule is Nc1ccc(-c2nc(C(=O)O)no2)cc1. The average molecular weight is 205 g/mol. The Kier molecular flexibility index (Phi) is 2.09. The molecule has 0 atom stereocenters. The molecule has 0 amide bonds. The highest BCUT2D eigenvalue weighted by molar-refractivity contribution is 5.83. The quantitative estimate of drug-likeness (QED) is 0.709. The molecule has 1 heterocycles. The maximum atomic E-state index is 10.5. The lowest BCUT2D eigenvalue weighted by Gasteiger charge is -1.93. The molecular weight excluding hydrogens is 198 g/mol. The molecular formula is C9H7N3O3. The van der Waals surface area contributed by atoms with Gasteiger partial charge < -0.3 is 15.4 Å². The van der Waals surface area contributed by atoms with Crippen molar-refractivity contribution in [3.63, 3.8) is 0 Å². The molecule has 0 saturated heterocycles. The Bertz CT molecular complexity index is 490. The van der Waals surface area contributed by atoms with Crippen molar-refractivity contribution >= 4 is 11.7 Å². The van der Waals surface area contributed by atoms with Crippen LogP contribution < -0.4 is 5.73 Å². The fraction of sp³-hybridized carbons (Fsp3) is 0. The van der Waals surface area contributed by atoms with Gasteiger partial charge in [0, 0.05) is 11.3 Å². The summed E-state index contributed by atoms with van der Waals surface area (Å²) in [5.74, 6) is -1.42. The van der Waals surface area contributed by atoms with Gasteiger partial charge in [0.1, 0.15) is 0 Å². The summed E-state index contributed by atoms with van der Waals surface area (Å²) in [6.07, 6.45) is 0. The van der Waals surface area contributed by atoms with Crippen LogP contribution in [-0.4, -0.2) is 21.2 Å². The van der Waals surface area contributed by atoms with Crippen molar-refractivity contribution in [2.75, 3.05) is 5.73 Å². The number of hydrogen-bond acceptors (Lipinski definition) is 5. The van der Waals surface area contributed by atoms with Crippen molar-refractivity contribution in [3.8, 4) is 11.5 Å². The molecule has 0 aliphatic heterocycles. The van der Waals surface area contributed by atoms with Gasteiger partial charge in [0.2, 0.25) is 0 Å². The molecule has 0 fully saturated rings. The third kappa shape index (κ3) is 1.78. The first-order chi connectivity index (χ1) is 7.16. The van der Waals surface area contributed by atoms with E-state index in [1.807, 2.05) is 0 Å². The molecule has 6 heteroatoms. The number of carbonyl (C=O) groups is 1. The molecule has 0 unspecified atom stereocenters. The van der Waals surface area contributed by atoms with Gasteiger partial charge in [-0.25, -0.2) is 4.79 Å². The first-order valence-electron chi connectivity index (χ1n) is 4.10. The smallest absolute Gasteiger partial charge is 0.377 e. The minimum absolute atomic E-state index is 0.160. The van der Waals surface area contributed by atoms with E-state index >= 15 is 0 Å². The van der Waals surface area contributed by atoms with Crippen molar-refractivity contribution in [1.82, 2.24) is 10.1 Å². The maximum absolute atomic E-state index is 10.5. The molecule has 76 valence electrons. The van der Waals surface area contributed by atoms with Crippen LogP contribution in [0.4, 0.5) is 5.69 Å². The highest BCUT2D eigenvalue weighted by atomic mass is 16.5. The second kappa shape index (κ2) is 3.41. The van der Waals surface area contributed by atoms with E-state index in [2.05, 4.69) is 10.1 Å². The highest BCUT2D eigenvalue weighted by Crippen LogP contribution is 2.18. The zero-order valence-electron chi connectivity index (χ0n) is 7.54. The van der Waals surface area contributed by atoms with Crippen LogP contribution in [0.25, 0.3) is 11.5 Å². The molecule has 6 nitrogen and oxygen atoms in total. The Morgan fingerprint density at radius 1 is 1.33 bits per heavy atom. The lowest BCUT2D eigenvalue weighted by Crippen LogP contribution is -1.98. The fourth-order valence-electron chi connectivity index (χ4n) is 1.05. The average Bonchev–Trinajstić information content (AvgIpc) is 2.68. The summed E-state index contributed by atoms with van der Waals surface area (Å²) >= 11 is 0. The predicted octanol–water partition coefficient (Wildman–Crippen LogP) is 1.02. The first-order valence-corrected chi connectivity index (χ1v) is 4.10. The first kappa shape index (κ1) is 9.20. The number of nitrogen functional groups attached to an aromatic ring is 1. The van der Waals surface area contributed by atoms with E-state index in [4.69, 9.17) is 15.4 Å². The van der Waals surface area contributed by atoms with E-state index in [0.29, 0.717) is 11.3 Å². The molecule has 2 rings (SSSR count). The second-order valence-electron chi connectivity index (χ2n) is 2.85. The topological polar surface area (TPSA) is 102 Å². The van der Waals surface area contributed by atoms with Crippen LogP contribution in [0.15, 0.2) is 28.8 Å². The van der Waals surface area contributed by atoms with Crippen LogP contribution in [0.5, 0.6) is 0 Å². The minimum atomic E-state index is -1.22. The number of carboxylic acids is 1. The van der Waals surface area contributed by atoms with Gasteiger partial charge in [-0.15, -0.1) is 0 Å². The van der Waals surface area contributed by atoms with Crippen LogP contribution in [-0.2, 0) is 0 Å². The van der Waals surface area contributed by atoms with Gasteiger partial charge in [-0.2, -0.15) is 4.98 Å². The van der Waals surface area contributed by atoms with Crippen LogP contribution in [0.1, 0.15) is 10.6 Å². The zero-order valence-corrected chi connectivity index (χ0v) is 7.54. The third-order valence-electron chi connectivity index (χ3n) is 1.77. The van der Waals surface area contributed by atoms with Crippen molar-refractivity contribution in [2.24, 2.45) is 0 Å².